The number of nitrogens with one attached hydrogen (secondary N) is 1. The summed E-state index contributed by atoms with van der Waals surface area (Å²) < 4.78 is 10.7. The molecule has 26 heavy (non-hydrogen) atoms. The highest BCUT2D eigenvalue weighted by atomic mass is 35.5. The van der Waals surface area contributed by atoms with Gasteiger partial charge < -0.3 is 14.8 Å². The minimum atomic E-state index is -0.544. The van der Waals surface area contributed by atoms with Gasteiger partial charge in [0.1, 0.15) is 12.2 Å². The van der Waals surface area contributed by atoms with Gasteiger partial charge in [0.05, 0.1) is 22.0 Å². The molecule has 1 amide bonds. The minimum Gasteiger partial charge on any atom is -0.489 e. The lowest BCUT2D eigenvalue weighted by Crippen LogP contribution is -2.34. The normalized spacial score (nSPS) is 11.1. The van der Waals surface area contributed by atoms with Crippen molar-refractivity contribution in [1.82, 2.24) is 10.3 Å². The van der Waals surface area contributed by atoms with Crippen LogP contribution in [0.4, 0.5) is 4.79 Å². The fraction of sp³-hybridized carbons (Fsp3) is 0.389. The quantitative estimate of drug-likeness (QED) is 0.439. The zero-order chi connectivity index (χ0) is 19.3. The molecule has 0 radical (unpaired) electrons. The molecule has 0 saturated heterocycles. The number of hydrogen-bond acceptors (Lipinski definition) is 6. The second-order valence-corrected chi connectivity index (χ2v) is 7.92. The van der Waals surface area contributed by atoms with E-state index < -0.39 is 11.7 Å². The van der Waals surface area contributed by atoms with Crippen LogP contribution in [0.15, 0.2) is 24.3 Å². The first-order valence-corrected chi connectivity index (χ1v) is 9.22. The number of Topliss-reactive ketones (excluding diaryl/α,β-unsaturated/α-hetero) is 1. The van der Waals surface area contributed by atoms with Crippen LogP contribution < -0.4 is 10.1 Å². The SMILES string of the molecule is CC(=O)c1ccc(-c2ccc(OCCNC(=O)OC(C)(C)C)c(Cl)n2)s1. The zero-order valence-corrected chi connectivity index (χ0v) is 16.7. The summed E-state index contributed by atoms with van der Waals surface area (Å²) in [4.78, 5) is 28.8. The van der Waals surface area contributed by atoms with E-state index >= 15 is 0 Å². The lowest BCUT2D eigenvalue weighted by molar-refractivity contribution is 0.0520. The molecular weight excluding hydrogens is 376 g/mol. The molecule has 0 spiro atoms. The van der Waals surface area contributed by atoms with Crippen molar-refractivity contribution in [3.8, 4) is 16.3 Å². The number of nitrogens with zero attached hydrogens (tertiary/aromatic N) is 1. The molecule has 0 aliphatic carbocycles. The van der Waals surface area contributed by atoms with Crippen molar-refractivity contribution in [2.75, 3.05) is 13.2 Å². The van der Waals surface area contributed by atoms with E-state index in [-0.39, 0.29) is 24.1 Å². The third-order valence-electron chi connectivity index (χ3n) is 3.05. The first-order chi connectivity index (χ1) is 12.2. The largest absolute Gasteiger partial charge is 0.489 e. The van der Waals surface area contributed by atoms with E-state index in [1.807, 2.05) is 6.07 Å². The van der Waals surface area contributed by atoms with E-state index in [0.29, 0.717) is 16.3 Å². The fourth-order valence-corrected chi connectivity index (χ4v) is 3.04. The molecule has 0 aliphatic rings. The van der Waals surface area contributed by atoms with Gasteiger partial charge in [0, 0.05) is 0 Å². The number of pyridine rings is 1. The Kier molecular flexibility index (Phi) is 6.61. The average molecular weight is 397 g/mol. The number of rotatable bonds is 6. The maximum atomic E-state index is 11.5. The molecule has 8 heteroatoms. The molecular formula is C18H21ClN2O4S. The molecule has 6 nitrogen and oxygen atoms in total. The van der Waals surface area contributed by atoms with Gasteiger partial charge in [-0.25, -0.2) is 9.78 Å². The standard InChI is InChI=1S/C18H21ClN2O4S/c1-11(22)14-7-8-15(26-14)12-5-6-13(16(19)21-12)24-10-9-20-17(23)25-18(2,3)4/h5-8H,9-10H2,1-4H3,(H,20,23). The van der Waals surface area contributed by atoms with Crippen LogP contribution in [-0.4, -0.2) is 35.6 Å². The van der Waals surface area contributed by atoms with Gasteiger partial charge in [0.15, 0.2) is 16.7 Å². The first kappa shape index (κ1) is 20.2. The van der Waals surface area contributed by atoms with Crippen LogP contribution in [0.1, 0.15) is 37.4 Å². The molecule has 0 aliphatic heterocycles. The third-order valence-corrected chi connectivity index (χ3v) is 4.53. The summed E-state index contributed by atoms with van der Waals surface area (Å²) in [6.45, 7) is 7.42. The average Bonchev–Trinajstić information content (AvgIpc) is 3.01. The molecule has 0 fully saturated rings. The summed E-state index contributed by atoms with van der Waals surface area (Å²) in [5, 5.41) is 2.82. The highest BCUT2D eigenvalue weighted by molar-refractivity contribution is 7.17. The number of carbonyl (C=O) groups excluding carboxylic acids is 2. The van der Waals surface area contributed by atoms with Gasteiger partial charge in [-0.15, -0.1) is 11.3 Å². The zero-order valence-electron chi connectivity index (χ0n) is 15.1. The smallest absolute Gasteiger partial charge is 0.407 e. The van der Waals surface area contributed by atoms with Gasteiger partial charge >= 0.3 is 6.09 Å². The van der Waals surface area contributed by atoms with E-state index in [4.69, 9.17) is 21.1 Å². The summed E-state index contributed by atoms with van der Waals surface area (Å²) in [5.74, 6) is 0.439. The summed E-state index contributed by atoms with van der Waals surface area (Å²) in [6.07, 6.45) is -0.500. The number of thiophene rings is 1. The van der Waals surface area contributed by atoms with E-state index in [0.717, 1.165) is 4.88 Å². The highest BCUT2D eigenvalue weighted by Crippen LogP contribution is 2.31. The molecule has 2 heterocycles. The first-order valence-electron chi connectivity index (χ1n) is 8.03. The molecule has 1 N–H and O–H groups in total. The van der Waals surface area contributed by atoms with Crippen molar-refractivity contribution in [2.45, 2.75) is 33.3 Å². The maximum absolute atomic E-state index is 11.5. The lowest BCUT2D eigenvalue weighted by Gasteiger charge is -2.19. The number of ether oxygens (including phenoxy) is 2. The van der Waals surface area contributed by atoms with Gasteiger partial charge in [-0.1, -0.05) is 11.6 Å². The van der Waals surface area contributed by atoms with Crippen LogP contribution in [0.25, 0.3) is 10.6 Å². The number of amides is 1. The Labute approximate surface area is 161 Å². The Hall–Kier alpha value is -2.12. The van der Waals surface area contributed by atoms with Crippen molar-refractivity contribution in [1.29, 1.82) is 0 Å². The summed E-state index contributed by atoms with van der Waals surface area (Å²) >= 11 is 7.53. The van der Waals surface area contributed by atoms with Crippen LogP contribution in [0.2, 0.25) is 5.15 Å². The second-order valence-electron chi connectivity index (χ2n) is 6.48. The second kappa shape index (κ2) is 8.51. The fourth-order valence-electron chi connectivity index (χ4n) is 1.96. The topological polar surface area (TPSA) is 77.5 Å². The number of ketones is 1. The van der Waals surface area contributed by atoms with Gasteiger partial charge in [-0.3, -0.25) is 4.79 Å². The number of alkyl carbamates (subject to hydrolysis) is 1. The van der Waals surface area contributed by atoms with Gasteiger partial charge in [0.2, 0.25) is 0 Å². The van der Waals surface area contributed by atoms with Gasteiger partial charge in [-0.2, -0.15) is 0 Å². The van der Waals surface area contributed by atoms with E-state index in [1.54, 1.807) is 39.0 Å². The molecule has 0 atom stereocenters. The third kappa shape index (κ3) is 6.00. The van der Waals surface area contributed by atoms with Crippen LogP contribution in [0.5, 0.6) is 5.75 Å². The van der Waals surface area contributed by atoms with Gasteiger partial charge in [-0.05, 0) is 52.0 Å². The van der Waals surface area contributed by atoms with Crippen molar-refractivity contribution >= 4 is 34.8 Å². The van der Waals surface area contributed by atoms with E-state index in [2.05, 4.69) is 10.3 Å². The number of halogens is 1. The van der Waals surface area contributed by atoms with Crippen molar-refractivity contribution in [3.05, 3.63) is 34.3 Å². The number of carbonyl (C=O) groups is 2. The molecule has 140 valence electrons. The van der Waals surface area contributed by atoms with Crippen LogP contribution in [0, 0.1) is 0 Å². The monoisotopic (exact) mass is 396 g/mol. The lowest BCUT2D eigenvalue weighted by atomic mass is 10.2. The van der Waals surface area contributed by atoms with Crippen molar-refractivity contribution < 1.29 is 19.1 Å². The van der Waals surface area contributed by atoms with Crippen LogP contribution >= 0.6 is 22.9 Å². The Morgan fingerprint density at radius 1 is 1.23 bits per heavy atom. The predicted octanol–water partition coefficient (Wildman–Crippen LogP) is 4.57. The van der Waals surface area contributed by atoms with E-state index in [9.17, 15) is 9.59 Å². The molecule has 0 aromatic carbocycles. The molecule has 2 aromatic rings. The van der Waals surface area contributed by atoms with Crippen LogP contribution in [-0.2, 0) is 4.74 Å². The maximum Gasteiger partial charge on any atom is 0.407 e. The van der Waals surface area contributed by atoms with E-state index in [1.165, 1.54) is 18.3 Å². The van der Waals surface area contributed by atoms with Gasteiger partial charge in [0.25, 0.3) is 0 Å². The predicted molar refractivity (Wildman–Crippen MR) is 102 cm³/mol. The Morgan fingerprint density at radius 2 is 1.96 bits per heavy atom. The van der Waals surface area contributed by atoms with Crippen molar-refractivity contribution in [2.24, 2.45) is 0 Å². The Bertz CT molecular complexity index is 799. The number of hydrogen-bond donors (Lipinski definition) is 1. The molecule has 0 unspecified atom stereocenters. The Balaban J connectivity index is 1.89. The Morgan fingerprint density at radius 3 is 2.54 bits per heavy atom. The number of aromatic nitrogens is 1. The van der Waals surface area contributed by atoms with Crippen molar-refractivity contribution in [3.63, 3.8) is 0 Å². The summed E-state index contributed by atoms with van der Waals surface area (Å²) in [7, 11) is 0. The minimum absolute atomic E-state index is 0.0183. The highest BCUT2D eigenvalue weighted by Gasteiger charge is 2.15. The molecule has 0 bridgehead atoms. The molecule has 0 saturated carbocycles. The summed E-state index contributed by atoms with van der Waals surface area (Å²) in [5.41, 5.74) is 0.129. The van der Waals surface area contributed by atoms with Crippen LogP contribution in [0.3, 0.4) is 0 Å². The molecule has 2 aromatic heterocycles. The molecule has 2 rings (SSSR count). The summed E-state index contributed by atoms with van der Waals surface area (Å²) in [6, 6.07) is 7.10.